The molecule has 0 atom stereocenters. The Labute approximate surface area is 129 Å². The van der Waals surface area contributed by atoms with Crippen LogP contribution in [0.2, 0.25) is 0 Å². The Kier molecular flexibility index (Phi) is 3.77. The summed E-state index contributed by atoms with van der Waals surface area (Å²) in [5, 5.41) is 8.27. The van der Waals surface area contributed by atoms with Gasteiger partial charge in [-0.2, -0.15) is 0 Å². The van der Waals surface area contributed by atoms with Crippen LogP contribution in [0.1, 0.15) is 18.7 Å². The van der Waals surface area contributed by atoms with Crippen molar-refractivity contribution >= 4 is 21.5 Å². The molecule has 1 fully saturated rings. The maximum absolute atomic E-state index is 11.6. The number of nitrogens with zero attached hydrogens (tertiary/aromatic N) is 6. The number of rotatable bonds is 3. The average Bonchev–Trinajstić information content (AvgIpc) is 2.87. The summed E-state index contributed by atoms with van der Waals surface area (Å²) < 4.78 is 26.7. The highest BCUT2D eigenvalue weighted by Crippen LogP contribution is 2.24. The zero-order chi connectivity index (χ0) is 15.9. The molecule has 0 spiro atoms. The molecular formula is C13H20N6O2S. The molecule has 2 aromatic heterocycles. The average molecular weight is 324 g/mol. The molecule has 3 rings (SSSR count). The standard InChI is InChI=1S/C13H20N6O2S/c1-10-15-16-13-12(14-6-9-19(10)13)18-7-4-11(5-8-18)17(2)22(3,20)21/h6,9,11H,4-5,7-8H2,1-3H3. The van der Waals surface area contributed by atoms with Gasteiger partial charge in [0.05, 0.1) is 6.26 Å². The predicted molar refractivity (Wildman–Crippen MR) is 83.4 cm³/mol. The van der Waals surface area contributed by atoms with E-state index >= 15 is 0 Å². The summed E-state index contributed by atoms with van der Waals surface area (Å²) in [6, 6.07) is 0.0468. The van der Waals surface area contributed by atoms with E-state index < -0.39 is 10.0 Å². The largest absolute Gasteiger partial charge is 0.353 e. The first-order chi connectivity index (χ1) is 10.4. The van der Waals surface area contributed by atoms with Crippen molar-refractivity contribution in [3.8, 4) is 0 Å². The van der Waals surface area contributed by atoms with Crippen LogP contribution in [-0.4, -0.2) is 64.7 Å². The molecule has 0 amide bonds. The van der Waals surface area contributed by atoms with E-state index in [4.69, 9.17) is 0 Å². The summed E-state index contributed by atoms with van der Waals surface area (Å²) >= 11 is 0. The van der Waals surface area contributed by atoms with Gasteiger partial charge in [-0.15, -0.1) is 10.2 Å². The van der Waals surface area contributed by atoms with Gasteiger partial charge in [0.1, 0.15) is 5.82 Å². The van der Waals surface area contributed by atoms with Crippen LogP contribution >= 0.6 is 0 Å². The monoisotopic (exact) mass is 324 g/mol. The lowest BCUT2D eigenvalue weighted by atomic mass is 10.1. The number of fused-ring (bicyclic) bond motifs is 1. The van der Waals surface area contributed by atoms with Crippen LogP contribution in [0.4, 0.5) is 5.82 Å². The minimum Gasteiger partial charge on any atom is -0.353 e. The minimum absolute atomic E-state index is 0.0468. The van der Waals surface area contributed by atoms with Gasteiger partial charge >= 0.3 is 0 Å². The lowest BCUT2D eigenvalue weighted by Gasteiger charge is -2.36. The minimum atomic E-state index is -3.14. The second kappa shape index (κ2) is 5.47. The zero-order valence-corrected chi connectivity index (χ0v) is 13.8. The van der Waals surface area contributed by atoms with Crippen molar-refractivity contribution in [2.45, 2.75) is 25.8 Å². The normalized spacial score (nSPS) is 17.5. The van der Waals surface area contributed by atoms with E-state index in [9.17, 15) is 8.42 Å². The second-order valence-electron chi connectivity index (χ2n) is 5.69. The molecule has 2 aromatic rings. The molecule has 0 unspecified atom stereocenters. The Balaban J connectivity index is 1.79. The molecule has 120 valence electrons. The maximum atomic E-state index is 11.6. The fraction of sp³-hybridized carbons (Fsp3) is 0.615. The van der Waals surface area contributed by atoms with Gasteiger partial charge in [0.15, 0.2) is 5.82 Å². The van der Waals surface area contributed by atoms with E-state index in [0.29, 0.717) is 0 Å². The maximum Gasteiger partial charge on any atom is 0.211 e. The molecule has 0 radical (unpaired) electrons. The first kappa shape index (κ1) is 15.2. The van der Waals surface area contributed by atoms with Crippen LogP contribution in [0.5, 0.6) is 0 Å². The SMILES string of the molecule is Cc1nnc2c(N3CCC(N(C)S(C)(=O)=O)CC3)nccn12. The molecule has 22 heavy (non-hydrogen) atoms. The van der Waals surface area contributed by atoms with Gasteiger partial charge < -0.3 is 4.90 Å². The number of hydrogen-bond donors (Lipinski definition) is 0. The third kappa shape index (κ3) is 2.66. The van der Waals surface area contributed by atoms with Crippen LogP contribution in [-0.2, 0) is 10.0 Å². The highest BCUT2D eigenvalue weighted by atomic mass is 32.2. The number of aromatic nitrogens is 4. The Morgan fingerprint density at radius 3 is 2.59 bits per heavy atom. The smallest absolute Gasteiger partial charge is 0.211 e. The van der Waals surface area contributed by atoms with Gasteiger partial charge in [-0.25, -0.2) is 17.7 Å². The Hall–Kier alpha value is -1.74. The number of hydrogen-bond acceptors (Lipinski definition) is 6. The molecule has 0 saturated carbocycles. The lowest BCUT2D eigenvalue weighted by molar-refractivity contribution is 0.313. The lowest BCUT2D eigenvalue weighted by Crippen LogP contribution is -2.45. The van der Waals surface area contributed by atoms with Crippen molar-refractivity contribution in [2.75, 3.05) is 31.3 Å². The van der Waals surface area contributed by atoms with E-state index in [1.54, 1.807) is 13.2 Å². The molecule has 3 heterocycles. The molecule has 8 nitrogen and oxygen atoms in total. The molecule has 1 saturated heterocycles. The molecular weight excluding hydrogens is 304 g/mol. The number of piperidine rings is 1. The van der Waals surface area contributed by atoms with Gasteiger partial charge in [-0.05, 0) is 19.8 Å². The van der Waals surface area contributed by atoms with Crippen molar-refractivity contribution < 1.29 is 8.42 Å². The van der Waals surface area contributed by atoms with E-state index in [-0.39, 0.29) is 6.04 Å². The van der Waals surface area contributed by atoms with Gasteiger partial charge in [0, 0.05) is 38.6 Å². The van der Waals surface area contributed by atoms with Crippen LogP contribution in [0.15, 0.2) is 12.4 Å². The molecule has 0 bridgehead atoms. The Morgan fingerprint density at radius 1 is 1.27 bits per heavy atom. The van der Waals surface area contributed by atoms with Crippen molar-refractivity contribution in [1.29, 1.82) is 0 Å². The fourth-order valence-electron chi connectivity index (χ4n) is 2.86. The van der Waals surface area contributed by atoms with Gasteiger partial charge in [0.2, 0.25) is 15.7 Å². The first-order valence-corrected chi connectivity index (χ1v) is 9.07. The summed E-state index contributed by atoms with van der Waals surface area (Å²) in [6.45, 7) is 3.41. The fourth-order valence-corrected chi connectivity index (χ4v) is 3.62. The predicted octanol–water partition coefficient (Wildman–Crippen LogP) is 0.293. The summed E-state index contributed by atoms with van der Waals surface area (Å²) in [4.78, 5) is 6.58. The van der Waals surface area contributed by atoms with Crippen LogP contribution in [0, 0.1) is 6.92 Å². The molecule has 1 aliphatic heterocycles. The van der Waals surface area contributed by atoms with Gasteiger partial charge in [-0.3, -0.25) is 4.40 Å². The van der Waals surface area contributed by atoms with Crippen molar-refractivity contribution in [3.63, 3.8) is 0 Å². The number of aryl methyl sites for hydroxylation is 1. The molecule has 0 N–H and O–H groups in total. The van der Waals surface area contributed by atoms with Crippen molar-refractivity contribution in [1.82, 2.24) is 23.9 Å². The Morgan fingerprint density at radius 2 is 1.95 bits per heavy atom. The Bertz CT molecular complexity index is 779. The van der Waals surface area contributed by atoms with Crippen LogP contribution < -0.4 is 4.90 Å². The van der Waals surface area contributed by atoms with Gasteiger partial charge in [-0.1, -0.05) is 0 Å². The summed E-state index contributed by atoms with van der Waals surface area (Å²) in [5.74, 6) is 1.63. The third-order valence-electron chi connectivity index (χ3n) is 4.28. The summed E-state index contributed by atoms with van der Waals surface area (Å²) in [7, 11) is -1.49. The van der Waals surface area contributed by atoms with Crippen molar-refractivity contribution in [3.05, 3.63) is 18.2 Å². The van der Waals surface area contributed by atoms with Crippen LogP contribution in [0.3, 0.4) is 0 Å². The molecule has 0 aromatic carbocycles. The molecule has 1 aliphatic rings. The number of sulfonamides is 1. The third-order valence-corrected chi connectivity index (χ3v) is 5.62. The zero-order valence-electron chi connectivity index (χ0n) is 13.0. The van der Waals surface area contributed by atoms with Crippen LogP contribution in [0.25, 0.3) is 5.65 Å². The van der Waals surface area contributed by atoms with Crippen molar-refractivity contribution in [2.24, 2.45) is 0 Å². The molecule has 9 heteroatoms. The summed E-state index contributed by atoms with van der Waals surface area (Å²) in [6.07, 6.45) is 6.39. The first-order valence-electron chi connectivity index (χ1n) is 7.22. The molecule has 0 aliphatic carbocycles. The van der Waals surface area contributed by atoms with E-state index in [1.807, 2.05) is 17.5 Å². The quantitative estimate of drug-likeness (QED) is 0.807. The topological polar surface area (TPSA) is 83.7 Å². The van der Waals surface area contributed by atoms with Gasteiger partial charge in [0.25, 0.3) is 0 Å². The van der Waals surface area contributed by atoms with E-state index in [2.05, 4.69) is 20.1 Å². The van der Waals surface area contributed by atoms with E-state index in [1.165, 1.54) is 10.6 Å². The van der Waals surface area contributed by atoms with E-state index in [0.717, 1.165) is 43.2 Å². The summed E-state index contributed by atoms with van der Waals surface area (Å²) in [5.41, 5.74) is 0.745. The number of anilines is 1. The highest BCUT2D eigenvalue weighted by Gasteiger charge is 2.28. The second-order valence-corrected chi connectivity index (χ2v) is 7.73. The highest BCUT2D eigenvalue weighted by molar-refractivity contribution is 7.88.